The van der Waals surface area contributed by atoms with Crippen molar-refractivity contribution in [3.63, 3.8) is 0 Å². The fraction of sp³-hybridized carbons (Fsp3) is 0.750. The van der Waals surface area contributed by atoms with Crippen LogP contribution in [0.1, 0.15) is 69.9 Å². The summed E-state index contributed by atoms with van der Waals surface area (Å²) in [5.41, 5.74) is 4.71. The molecular formula is C24H37N5O5S. The molecule has 3 aliphatic rings. The van der Waals surface area contributed by atoms with Crippen LogP contribution in [0.15, 0.2) is 21.7 Å². The van der Waals surface area contributed by atoms with Crippen molar-refractivity contribution in [3.05, 3.63) is 33.1 Å². The summed E-state index contributed by atoms with van der Waals surface area (Å²) in [4.78, 5) is 52.5. The first kappa shape index (κ1) is 25.8. The topological polar surface area (TPSA) is 130 Å². The molecule has 0 spiro atoms. The minimum atomic E-state index is -1.03. The van der Waals surface area contributed by atoms with Gasteiger partial charge in [0.05, 0.1) is 13.7 Å². The van der Waals surface area contributed by atoms with Gasteiger partial charge in [-0.15, -0.1) is 0 Å². The molecule has 2 heterocycles. The molecule has 0 aromatic carbocycles. The highest BCUT2D eigenvalue weighted by atomic mass is 32.2. The average Bonchev–Trinajstić information content (AvgIpc) is 3.14. The smallest absolute Gasteiger partial charge is 0.349 e. The Bertz CT molecular complexity index is 1050. The summed E-state index contributed by atoms with van der Waals surface area (Å²) in [5, 5.41) is 3.36. The molecule has 2 fully saturated rings. The Balaban J connectivity index is 1.53. The van der Waals surface area contributed by atoms with Crippen LogP contribution in [-0.2, 0) is 20.9 Å². The van der Waals surface area contributed by atoms with Crippen molar-refractivity contribution < 1.29 is 14.3 Å². The second-order valence-corrected chi connectivity index (χ2v) is 11.2. The third kappa shape index (κ3) is 5.77. The normalized spacial score (nSPS) is 25.6. The van der Waals surface area contributed by atoms with Crippen LogP contribution in [0.25, 0.3) is 0 Å². The predicted octanol–water partition coefficient (Wildman–Crippen LogP) is 1.34. The minimum absolute atomic E-state index is 0.162. The van der Waals surface area contributed by atoms with E-state index in [1.807, 2.05) is 0 Å². The lowest BCUT2D eigenvalue weighted by atomic mass is 9.86. The predicted molar refractivity (Wildman–Crippen MR) is 134 cm³/mol. The number of amides is 1. The van der Waals surface area contributed by atoms with Crippen LogP contribution in [0, 0.1) is 5.92 Å². The molecule has 0 radical (unpaired) electrons. The molecule has 2 aliphatic carbocycles. The standard InChI is InChI=1S/C24H37N5O5S/c1-34-22(31)20(15-35-18-6-3-2-4-7-18)28-23(32)27-13-5-8-19(29(27)24(28)33)21(30)26-14-16-9-11-17(25)12-10-16/h5,8,16-20H,2-4,6-7,9-15,25H2,1H3,(H,26,30). The number of rotatable bonds is 8. The van der Waals surface area contributed by atoms with E-state index in [-0.39, 0.29) is 24.2 Å². The molecule has 1 aromatic heterocycles. The summed E-state index contributed by atoms with van der Waals surface area (Å²) in [6.07, 6.45) is 12.8. The van der Waals surface area contributed by atoms with Crippen molar-refractivity contribution in [1.29, 1.82) is 0 Å². The molecule has 1 amide bonds. The molecule has 0 bridgehead atoms. The zero-order chi connectivity index (χ0) is 24.9. The van der Waals surface area contributed by atoms with E-state index in [0.29, 0.717) is 17.7 Å². The van der Waals surface area contributed by atoms with Gasteiger partial charge in [-0.05, 0) is 44.4 Å². The van der Waals surface area contributed by atoms with Gasteiger partial charge in [-0.1, -0.05) is 31.4 Å². The highest BCUT2D eigenvalue weighted by molar-refractivity contribution is 7.99. The fourth-order valence-electron chi connectivity index (χ4n) is 5.37. The number of carbonyl (C=O) groups excluding carboxylic acids is 2. The van der Waals surface area contributed by atoms with Crippen molar-refractivity contribution in [3.8, 4) is 0 Å². The zero-order valence-electron chi connectivity index (χ0n) is 20.4. The third-order valence-electron chi connectivity index (χ3n) is 7.50. The summed E-state index contributed by atoms with van der Waals surface area (Å²) in [7, 11) is 1.26. The number of hydrogen-bond acceptors (Lipinski definition) is 7. The summed E-state index contributed by atoms with van der Waals surface area (Å²) < 4.78 is 8.35. The number of ether oxygens (including phenoxy) is 1. The quantitative estimate of drug-likeness (QED) is 0.401. The van der Waals surface area contributed by atoms with Crippen molar-refractivity contribution in [1.82, 2.24) is 19.2 Å². The summed E-state index contributed by atoms with van der Waals surface area (Å²) >= 11 is 1.62. The molecule has 2 atom stereocenters. The van der Waals surface area contributed by atoms with E-state index in [0.717, 1.165) is 55.9 Å². The van der Waals surface area contributed by atoms with Gasteiger partial charge in [0.15, 0.2) is 6.04 Å². The highest BCUT2D eigenvalue weighted by Gasteiger charge is 2.34. The number of aromatic nitrogens is 3. The molecule has 2 saturated carbocycles. The van der Waals surface area contributed by atoms with Crippen LogP contribution in [0.4, 0.5) is 0 Å². The van der Waals surface area contributed by atoms with Gasteiger partial charge in [0, 0.05) is 23.6 Å². The zero-order valence-corrected chi connectivity index (χ0v) is 21.2. The second-order valence-electron chi connectivity index (χ2n) is 9.89. The van der Waals surface area contributed by atoms with E-state index < -0.39 is 29.4 Å². The van der Waals surface area contributed by atoms with E-state index in [2.05, 4.69) is 5.32 Å². The average molecular weight is 508 g/mol. The number of nitrogens with one attached hydrogen (secondary N) is 1. The number of allylic oxidation sites excluding steroid dienone is 1. The van der Waals surface area contributed by atoms with Crippen molar-refractivity contribution in [2.75, 3.05) is 19.4 Å². The van der Waals surface area contributed by atoms with Gasteiger partial charge in [0.25, 0.3) is 0 Å². The first-order chi connectivity index (χ1) is 16.9. The lowest BCUT2D eigenvalue weighted by Gasteiger charge is -2.27. The maximum absolute atomic E-state index is 13.5. The Hall–Kier alpha value is -2.27. The number of nitrogens with two attached hydrogens (primary N) is 1. The summed E-state index contributed by atoms with van der Waals surface area (Å²) in [5.74, 6) is -0.323. The van der Waals surface area contributed by atoms with Crippen LogP contribution in [0.3, 0.4) is 0 Å². The van der Waals surface area contributed by atoms with E-state index in [1.165, 1.54) is 22.9 Å². The minimum Gasteiger partial charge on any atom is -0.467 e. The molecule has 35 heavy (non-hydrogen) atoms. The summed E-state index contributed by atoms with van der Waals surface area (Å²) in [6, 6.07) is -1.75. The Kier molecular flexibility index (Phi) is 8.59. The van der Waals surface area contributed by atoms with Gasteiger partial charge < -0.3 is 15.8 Å². The maximum atomic E-state index is 13.5. The van der Waals surface area contributed by atoms with Crippen LogP contribution in [0.2, 0.25) is 0 Å². The number of fused-ring (bicyclic) bond motifs is 1. The van der Waals surface area contributed by atoms with Gasteiger partial charge in [-0.2, -0.15) is 11.8 Å². The second kappa shape index (κ2) is 11.6. The molecule has 3 N–H and O–H groups in total. The number of methoxy groups -OCH3 is 1. The van der Waals surface area contributed by atoms with Crippen LogP contribution >= 0.6 is 11.8 Å². The van der Waals surface area contributed by atoms with Gasteiger partial charge >= 0.3 is 17.3 Å². The van der Waals surface area contributed by atoms with Gasteiger partial charge in [0.2, 0.25) is 5.91 Å². The van der Waals surface area contributed by atoms with Gasteiger partial charge in [-0.3, -0.25) is 4.79 Å². The van der Waals surface area contributed by atoms with Crippen LogP contribution in [-0.4, -0.2) is 56.5 Å². The molecule has 194 valence electrons. The lowest BCUT2D eigenvalue weighted by molar-refractivity contribution is -0.144. The number of hydrogen-bond donors (Lipinski definition) is 2. The number of esters is 1. The first-order valence-corrected chi connectivity index (χ1v) is 13.8. The number of nitrogens with zero attached hydrogens (tertiary/aromatic N) is 3. The van der Waals surface area contributed by atoms with E-state index >= 15 is 0 Å². The SMILES string of the molecule is COC(=O)C(CSC1CCCCC1)n1c(=O)n2n(c1=O)C(C(=O)NCC1CCC(N)CC1)C=CC2. The third-order valence-corrected chi connectivity index (χ3v) is 8.95. The molecule has 0 saturated heterocycles. The molecule has 11 heteroatoms. The molecule has 2 unspecified atom stereocenters. The lowest BCUT2D eigenvalue weighted by Crippen LogP contribution is -2.43. The molecule has 1 aliphatic heterocycles. The van der Waals surface area contributed by atoms with E-state index in [1.54, 1.807) is 23.9 Å². The van der Waals surface area contributed by atoms with Gasteiger partial charge in [-0.25, -0.2) is 28.3 Å². The van der Waals surface area contributed by atoms with Crippen LogP contribution in [0.5, 0.6) is 0 Å². The van der Waals surface area contributed by atoms with Crippen molar-refractivity contribution in [2.45, 2.75) is 87.7 Å². The monoisotopic (exact) mass is 507 g/mol. The first-order valence-electron chi connectivity index (χ1n) is 12.7. The van der Waals surface area contributed by atoms with Gasteiger partial charge in [0.1, 0.15) is 6.04 Å². The molecule has 10 nitrogen and oxygen atoms in total. The Morgan fingerprint density at radius 3 is 2.51 bits per heavy atom. The van der Waals surface area contributed by atoms with Crippen LogP contribution < -0.4 is 22.4 Å². The van der Waals surface area contributed by atoms with Crippen molar-refractivity contribution >= 4 is 23.6 Å². The largest absolute Gasteiger partial charge is 0.467 e. The Morgan fingerprint density at radius 2 is 1.83 bits per heavy atom. The highest BCUT2D eigenvalue weighted by Crippen LogP contribution is 2.30. The fourth-order valence-corrected chi connectivity index (χ4v) is 6.77. The maximum Gasteiger partial charge on any atom is 0.349 e. The number of thioether (sulfide) groups is 1. The van der Waals surface area contributed by atoms with E-state index in [4.69, 9.17) is 10.5 Å². The summed E-state index contributed by atoms with van der Waals surface area (Å²) in [6.45, 7) is 0.674. The van der Waals surface area contributed by atoms with E-state index in [9.17, 15) is 19.2 Å². The Morgan fingerprint density at radius 1 is 1.11 bits per heavy atom. The molecular weight excluding hydrogens is 470 g/mol. The number of carbonyl (C=O) groups is 2. The molecule has 4 rings (SSSR count). The van der Waals surface area contributed by atoms with Crippen molar-refractivity contribution in [2.24, 2.45) is 11.7 Å². The molecule has 1 aromatic rings. The Labute approximate surface area is 209 Å².